The van der Waals surface area contributed by atoms with Crippen LogP contribution < -0.4 is 0 Å². The third kappa shape index (κ3) is 3.36. The summed E-state index contributed by atoms with van der Waals surface area (Å²) in [4.78, 5) is 12.6. The molecule has 0 heterocycles. The van der Waals surface area contributed by atoms with Gasteiger partial charge in [0.05, 0.1) is 0 Å². The number of fused-ring (bicyclic) bond motifs is 1. The molecular weight excluding hydrogens is 340 g/mol. The fraction of sp³-hybridized carbons (Fsp3) is 0.444. The van der Waals surface area contributed by atoms with E-state index >= 15 is 0 Å². The van der Waals surface area contributed by atoms with Crippen molar-refractivity contribution in [1.29, 1.82) is 0 Å². The average Bonchev–Trinajstić information content (AvgIpc) is 2.86. The van der Waals surface area contributed by atoms with Crippen LogP contribution in [-0.4, -0.2) is 5.78 Å². The number of benzene rings is 2. The van der Waals surface area contributed by atoms with Crippen LogP contribution in [0.4, 0.5) is 0 Å². The van der Waals surface area contributed by atoms with Gasteiger partial charge in [-0.25, -0.2) is 0 Å². The molecule has 1 unspecified atom stereocenters. The number of hydrogen-bond acceptors (Lipinski definition) is 1. The smallest absolute Gasteiger partial charge is 0.165 e. The molecule has 0 N–H and O–H groups in total. The molecule has 0 saturated carbocycles. The topological polar surface area (TPSA) is 17.1 Å². The van der Waals surface area contributed by atoms with Crippen molar-refractivity contribution in [2.75, 3.05) is 0 Å². The summed E-state index contributed by atoms with van der Waals surface area (Å²) in [6, 6.07) is 15.3. The molecule has 1 heteroatoms. The van der Waals surface area contributed by atoms with Gasteiger partial charge < -0.3 is 0 Å². The van der Waals surface area contributed by atoms with E-state index in [2.05, 4.69) is 77.6 Å². The summed E-state index contributed by atoms with van der Waals surface area (Å²) in [7, 11) is 0. The van der Waals surface area contributed by atoms with Crippen molar-refractivity contribution < 1.29 is 4.79 Å². The molecule has 1 nitrogen and oxygen atoms in total. The number of carbonyl (C=O) groups is 1. The van der Waals surface area contributed by atoms with Crippen molar-refractivity contribution in [2.45, 2.75) is 65.7 Å². The lowest BCUT2D eigenvalue weighted by atomic mass is 9.74. The molecule has 1 aliphatic rings. The molecule has 28 heavy (non-hydrogen) atoms. The summed E-state index contributed by atoms with van der Waals surface area (Å²) in [6.45, 7) is 19.5. The van der Waals surface area contributed by atoms with Gasteiger partial charge in [0.1, 0.15) is 0 Å². The molecule has 0 amide bonds. The van der Waals surface area contributed by atoms with Gasteiger partial charge in [-0.1, -0.05) is 91.4 Å². The van der Waals surface area contributed by atoms with Gasteiger partial charge in [-0.3, -0.25) is 4.79 Å². The Kier molecular flexibility index (Phi) is 5.17. The van der Waals surface area contributed by atoms with Gasteiger partial charge >= 0.3 is 0 Å². The van der Waals surface area contributed by atoms with Gasteiger partial charge in [0.15, 0.2) is 5.78 Å². The number of carbonyl (C=O) groups excluding carboxylic acids is 1. The van der Waals surface area contributed by atoms with E-state index in [0.717, 1.165) is 12.0 Å². The van der Waals surface area contributed by atoms with E-state index in [1.165, 1.54) is 27.8 Å². The molecule has 0 fully saturated rings. The molecule has 0 saturated heterocycles. The maximum absolute atomic E-state index is 12.6. The molecule has 3 rings (SSSR count). The quantitative estimate of drug-likeness (QED) is 0.506. The Morgan fingerprint density at radius 2 is 1.43 bits per heavy atom. The van der Waals surface area contributed by atoms with Crippen LogP contribution in [0.1, 0.15) is 87.5 Å². The second-order valence-electron chi connectivity index (χ2n) is 9.93. The lowest BCUT2D eigenvalue weighted by Crippen LogP contribution is -2.23. The molecule has 0 bridgehead atoms. The Bertz CT molecular complexity index is 912. The van der Waals surface area contributed by atoms with Gasteiger partial charge in [0, 0.05) is 16.9 Å². The fourth-order valence-electron chi connectivity index (χ4n) is 4.79. The molecule has 0 spiro atoms. The van der Waals surface area contributed by atoms with Crippen LogP contribution in [-0.2, 0) is 10.8 Å². The van der Waals surface area contributed by atoms with Gasteiger partial charge in [-0.15, -0.1) is 0 Å². The zero-order chi connectivity index (χ0) is 20.9. The first-order chi connectivity index (χ1) is 13.0. The number of rotatable bonds is 5. The van der Waals surface area contributed by atoms with Gasteiger partial charge in [-0.2, -0.15) is 0 Å². The van der Waals surface area contributed by atoms with E-state index in [0.29, 0.717) is 5.92 Å². The van der Waals surface area contributed by atoms with E-state index in [1.807, 2.05) is 19.9 Å². The van der Waals surface area contributed by atoms with Gasteiger partial charge in [0.25, 0.3) is 0 Å². The third-order valence-electron chi connectivity index (χ3n) is 6.54. The molecule has 148 valence electrons. The maximum Gasteiger partial charge on any atom is 0.165 e. The van der Waals surface area contributed by atoms with Crippen LogP contribution in [0.2, 0.25) is 0 Å². The largest absolute Gasteiger partial charge is 0.294 e. The maximum atomic E-state index is 12.6. The van der Waals surface area contributed by atoms with Crippen LogP contribution in [0.25, 0.3) is 5.57 Å². The summed E-state index contributed by atoms with van der Waals surface area (Å²) >= 11 is 0. The summed E-state index contributed by atoms with van der Waals surface area (Å²) in [5, 5.41) is 0. The summed E-state index contributed by atoms with van der Waals surface area (Å²) in [5.41, 5.74) is 7.20. The predicted octanol–water partition coefficient (Wildman–Crippen LogP) is 7.18. The molecule has 0 radical (unpaired) electrons. The highest BCUT2D eigenvalue weighted by atomic mass is 16.1. The number of hydrogen-bond donors (Lipinski definition) is 0. The minimum Gasteiger partial charge on any atom is -0.294 e. The molecular formula is C27H34O. The average molecular weight is 375 g/mol. The minimum absolute atomic E-state index is 0.0139. The third-order valence-corrected chi connectivity index (χ3v) is 6.54. The zero-order valence-corrected chi connectivity index (χ0v) is 18.5. The van der Waals surface area contributed by atoms with Crippen molar-refractivity contribution in [1.82, 2.24) is 0 Å². The monoisotopic (exact) mass is 374 g/mol. The van der Waals surface area contributed by atoms with Crippen molar-refractivity contribution in [2.24, 2.45) is 11.8 Å². The molecule has 1 atom stereocenters. The second kappa shape index (κ2) is 7.03. The molecule has 0 aliphatic heterocycles. The Morgan fingerprint density at radius 1 is 0.857 bits per heavy atom. The van der Waals surface area contributed by atoms with Crippen LogP contribution in [0.15, 0.2) is 49.0 Å². The van der Waals surface area contributed by atoms with Crippen molar-refractivity contribution in [3.8, 4) is 0 Å². The van der Waals surface area contributed by atoms with E-state index < -0.39 is 0 Å². The van der Waals surface area contributed by atoms with Crippen molar-refractivity contribution in [3.63, 3.8) is 0 Å². The normalized spacial score (nSPS) is 20.5. The van der Waals surface area contributed by atoms with Crippen molar-refractivity contribution in [3.05, 3.63) is 76.9 Å². The molecule has 0 aromatic heterocycles. The Hall–Kier alpha value is -2.15. The number of Topliss-reactive ketones (excluding diaryl/α,β-unsaturated/α-hetero) is 1. The fourth-order valence-corrected chi connectivity index (χ4v) is 4.79. The highest BCUT2D eigenvalue weighted by molar-refractivity contribution is 5.97. The van der Waals surface area contributed by atoms with Crippen molar-refractivity contribution >= 4 is 11.4 Å². The molecule has 2 aromatic carbocycles. The van der Waals surface area contributed by atoms with E-state index in [-0.39, 0.29) is 22.5 Å². The Labute approximate surface area is 170 Å². The highest BCUT2D eigenvalue weighted by Gasteiger charge is 2.45. The first kappa shape index (κ1) is 20.6. The van der Waals surface area contributed by atoms with Crippen LogP contribution in [0.5, 0.6) is 0 Å². The zero-order valence-electron chi connectivity index (χ0n) is 18.5. The number of ketones is 1. The van der Waals surface area contributed by atoms with Gasteiger partial charge in [0.2, 0.25) is 0 Å². The SMILES string of the molecule is C=C(c1ccc(C2(C)CC(C)(C)c3ccc(C(=O)C(C)C)cc32)cc1)C(C)C. The Morgan fingerprint density at radius 3 is 1.96 bits per heavy atom. The summed E-state index contributed by atoms with van der Waals surface area (Å²) in [5.74, 6) is 0.677. The van der Waals surface area contributed by atoms with Gasteiger partial charge in [-0.05, 0) is 51.6 Å². The van der Waals surface area contributed by atoms with E-state index in [9.17, 15) is 4.79 Å². The van der Waals surface area contributed by atoms with E-state index in [1.54, 1.807) is 0 Å². The summed E-state index contributed by atoms with van der Waals surface area (Å²) < 4.78 is 0. The molecule has 2 aromatic rings. The first-order valence-corrected chi connectivity index (χ1v) is 10.5. The highest BCUT2D eigenvalue weighted by Crippen LogP contribution is 2.53. The molecule has 1 aliphatic carbocycles. The lowest BCUT2D eigenvalue weighted by molar-refractivity contribution is 0.0939. The van der Waals surface area contributed by atoms with Crippen LogP contribution in [0, 0.1) is 11.8 Å². The Balaban J connectivity index is 2.09. The van der Waals surface area contributed by atoms with E-state index in [4.69, 9.17) is 0 Å². The predicted molar refractivity (Wildman–Crippen MR) is 120 cm³/mol. The lowest BCUT2D eigenvalue weighted by Gasteiger charge is -2.29. The van der Waals surface area contributed by atoms with Crippen LogP contribution >= 0.6 is 0 Å². The first-order valence-electron chi connectivity index (χ1n) is 10.5. The number of allylic oxidation sites excluding steroid dienone is 1. The van der Waals surface area contributed by atoms with Crippen LogP contribution in [0.3, 0.4) is 0 Å². The second-order valence-corrected chi connectivity index (χ2v) is 9.93. The standard InChI is InChI=1S/C27H34O/c1-17(2)19(5)20-9-12-22(13-10-20)27(8)16-26(6,7)23-14-11-21(15-24(23)27)25(28)18(3)4/h9-15,17-18H,5,16H2,1-4,6-8H3. The summed E-state index contributed by atoms with van der Waals surface area (Å²) in [6.07, 6.45) is 1.04. The minimum atomic E-state index is -0.0935.